The van der Waals surface area contributed by atoms with Gasteiger partial charge in [-0.05, 0) is 19.1 Å². The molecule has 2 N–H and O–H groups in total. The molecule has 98 valence electrons. The maximum Gasteiger partial charge on any atom is 0.253 e. The maximum absolute atomic E-state index is 12.1. The van der Waals surface area contributed by atoms with Crippen molar-refractivity contribution in [2.75, 3.05) is 12.4 Å². The van der Waals surface area contributed by atoms with Crippen LogP contribution in [0.5, 0.6) is 0 Å². The average molecular weight is 257 g/mol. The van der Waals surface area contributed by atoms with Gasteiger partial charge in [0.1, 0.15) is 5.82 Å². The van der Waals surface area contributed by atoms with E-state index >= 15 is 0 Å². The first-order chi connectivity index (χ1) is 9.20. The van der Waals surface area contributed by atoms with Crippen LogP contribution in [-0.4, -0.2) is 27.9 Å². The Morgan fingerprint density at radius 1 is 1.32 bits per heavy atom. The molecule has 0 fully saturated rings. The minimum Gasteiger partial charge on any atom is -0.386 e. The zero-order valence-electron chi connectivity index (χ0n) is 10.8. The van der Waals surface area contributed by atoms with Gasteiger partial charge in [-0.15, -0.1) is 0 Å². The Hall–Kier alpha value is -2.50. The molecule has 0 unspecified atom stereocenters. The van der Waals surface area contributed by atoms with E-state index in [0.29, 0.717) is 23.6 Å². The van der Waals surface area contributed by atoms with Gasteiger partial charge in [0.2, 0.25) is 0 Å². The molecule has 0 aliphatic rings. The first kappa shape index (κ1) is 12.9. The highest BCUT2D eigenvalue weighted by Crippen LogP contribution is 2.12. The lowest BCUT2D eigenvalue weighted by Crippen LogP contribution is -2.24. The Bertz CT molecular complexity index is 585. The number of aryl methyl sites for hydroxylation is 1. The minimum absolute atomic E-state index is 0.164. The van der Waals surface area contributed by atoms with Crippen LogP contribution in [0.25, 0.3) is 0 Å². The fourth-order valence-corrected chi connectivity index (χ4v) is 1.66. The van der Waals surface area contributed by atoms with Gasteiger partial charge >= 0.3 is 0 Å². The first-order valence-electron chi connectivity index (χ1n) is 5.89. The van der Waals surface area contributed by atoms with Crippen molar-refractivity contribution in [1.29, 1.82) is 0 Å². The highest BCUT2D eigenvalue weighted by atomic mass is 16.1. The number of pyridine rings is 1. The van der Waals surface area contributed by atoms with E-state index in [2.05, 4.69) is 25.6 Å². The summed E-state index contributed by atoms with van der Waals surface area (Å²) in [6.07, 6.45) is 4.88. The first-order valence-corrected chi connectivity index (χ1v) is 5.89. The summed E-state index contributed by atoms with van der Waals surface area (Å²) in [5, 5.41) is 5.75. The van der Waals surface area contributed by atoms with Gasteiger partial charge in [0.15, 0.2) is 0 Å². The molecular weight excluding hydrogens is 242 g/mol. The van der Waals surface area contributed by atoms with E-state index in [-0.39, 0.29) is 5.91 Å². The molecule has 2 aromatic rings. The van der Waals surface area contributed by atoms with Crippen molar-refractivity contribution in [2.45, 2.75) is 13.5 Å². The molecule has 0 bridgehead atoms. The molecule has 0 aliphatic carbocycles. The lowest BCUT2D eigenvalue weighted by molar-refractivity contribution is 0.0951. The van der Waals surface area contributed by atoms with E-state index in [9.17, 15) is 4.79 Å². The molecule has 19 heavy (non-hydrogen) atoms. The monoisotopic (exact) mass is 257 g/mol. The highest BCUT2D eigenvalue weighted by molar-refractivity contribution is 5.99. The quantitative estimate of drug-likeness (QED) is 0.859. The van der Waals surface area contributed by atoms with E-state index in [4.69, 9.17) is 0 Å². The minimum atomic E-state index is -0.164. The number of hydrogen-bond acceptors (Lipinski definition) is 5. The van der Waals surface area contributed by atoms with Crippen LogP contribution in [-0.2, 0) is 6.54 Å². The van der Waals surface area contributed by atoms with Gasteiger partial charge in [0.25, 0.3) is 5.91 Å². The molecule has 0 spiro atoms. The van der Waals surface area contributed by atoms with Crippen molar-refractivity contribution < 1.29 is 4.79 Å². The largest absolute Gasteiger partial charge is 0.386 e. The number of carbonyl (C=O) groups is 1. The van der Waals surface area contributed by atoms with Gasteiger partial charge in [-0.3, -0.25) is 9.78 Å². The third-order valence-corrected chi connectivity index (χ3v) is 2.60. The zero-order valence-corrected chi connectivity index (χ0v) is 10.8. The van der Waals surface area contributed by atoms with Crippen LogP contribution in [0.4, 0.5) is 5.69 Å². The molecule has 6 nitrogen and oxygen atoms in total. The Balaban J connectivity index is 2.05. The predicted octanol–water partition coefficient (Wildman–Crippen LogP) is 1.15. The second-order valence-corrected chi connectivity index (χ2v) is 3.95. The number of carbonyl (C=O) groups excluding carboxylic acids is 1. The van der Waals surface area contributed by atoms with Gasteiger partial charge in [-0.2, -0.15) is 0 Å². The highest BCUT2D eigenvalue weighted by Gasteiger charge is 2.10. The molecule has 6 heteroatoms. The number of rotatable bonds is 4. The van der Waals surface area contributed by atoms with Crippen LogP contribution >= 0.6 is 0 Å². The fraction of sp³-hybridized carbons (Fsp3) is 0.231. The number of nitrogens with one attached hydrogen (secondary N) is 2. The molecule has 0 saturated carbocycles. The van der Waals surface area contributed by atoms with Crippen molar-refractivity contribution >= 4 is 11.6 Å². The molecule has 0 aromatic carbocycles. The van der Waals surface area contributed by atoms with E-state index in [0.717, 1.165) is 5.69 Å². The van der Waals surface area contributed by atoms with E-state index in [1.165, 1.54) is 0 Å². The summed E-state index contributed by atoms with van der Waals surface area (Å²) in [6.45, 7) is 2.18. The standard InChI is InChI=1S/C13H15N5O/c1-9-16-6-3-10(18-9)7-17-13(19)11-4-5-15-8-12(11)14-2/h3-6,8,14H,7H2,1-2H3,(H,17,19). The fourth-order valence-electron chi connectivity index (χ4n) is 1.66. The number of nitrogens with zero attached hydrogens (tertiary/aromatic N) is 3. The summed E-state index contributed by atoms with van der Waals surface area (Å²) in [6, 6.07) is 3.45. The second kappa shape index (κ2) is 5.90. The SMILES string of the molecule is CNc1cnccc1C(=O)NCc1ccnc(C)n1. The molecule has 1 amide bonds. The van der Waals surface area contributed by atoms with Gasteiger partial charge in [0, 0.05) is 19.4 Å². The lowest BCUT2D eigenvalue weighted by Gasteiger charge is -2.09. The van der Waals surface area contributed by atoms with Gasteiger partial charge in [-0.1, -0.05) is 0 Å². The van der Waals surface area contributed by atoms with Crippen LogP contribution < -0.4 is 10.6 Å². The number of hydrogen-bond donors (Lipinski definition) is 2. The van der Waals surface area contributed by atoms with Crippen LogP contribution in [0.1, 0.15) is 21.9 Å². The van der Waals surface area contributed by atoms with Crippen LogP contribution in [0.3, 0.4) is 0 Å². The van der Waals surface area contributed by atoms with E-state index in [1.54, 1.807) is 37.8 Å². The Labute approximate surface area is 111 Å². The van der Waals surface area contributed by atoms with E-state index < -0.39 is 0 Å². The number of anilines is 1. The number of amides is 1. The lowest BCUT2D eigenvalue weighted by atomic mass is 10.2. The second-order valence-electron chi connectivity index (χ2n) is 3.95. The maximum atomic E-state index is 12.1. The number of aromatic nitrogens is 3. The average Bonchev–Trinajstić information content (AvgIpc) is 2.45. The van der Waals surface area contributed by atoms with Crippen molar-refractivity contribution in [2.24, 2.45) is 0 Å². The third kappa shape index (κ3) is 3.25. The van der Waals surface area contributed by atoms with E-state index in [1.807, 2.05) is 6.92 Å². The van der Waals surface area contributed by atoms with Gasteiger partial charge < -0.3 is 10.6 Å². The Morgan fingerprint density at radius 2 is 2.16 bits per heavy atom. The molecule has 0 saturated heterocycles. The molecule has 0 aliphatic heterocycles. The van der Waals surface area contributed by atoms with Gasteiger partial charge in [-0.25, -0.2) is 9.97 Å². The summed E-state index contributed by atoms with van der Waals surface area (Å²) in [7, 11) is 1.75. The molecule has 2 heterocycles. The molecule has 0 radical (unpaired) electrons. The van der Waals surface area contributed by atoms with Gasteiger partial charge in [0.05, 0.1) is 29.7 Å². The Kier molecular flexibility index (Phi) is 4.02. The summed E-state index contributed by atoms with van der Waals surface area (Å²) in [5.74, 6) is 0.523. The zero-order chi connectivity index (χ0) is 13.7. The summed E-state index contributed by atoms with van der Waals surface area (Å²) < 4.78 is 0. The van der Waals surface area contributed by atoms with Crippen molar-refractivity contribution in [3.63, 3.8) is 0 Å². The molecular formula is C13H15N5O. The van der Waals surface area contributed by atoms with Crippen LogP contribution in [0.15, 0.2) is 30.7 Å². The smallest absolute Gasteiger partial charge is 0.253 e. The van der Waals surface area contributed by atoms with Crippen molar-refractivity contribution in [3.05, 3.63) is 47.8 Å². The van der Waals surface area contributed by atoms with Crippen LogP contribution in [0.2, 0.25) is 0 Å². The normalized spacial score (nSPS) is 10.0. The molecule has 0 atom stereocenters. The molecule has 2 aromatic heterocycles. The predicted molar refractivity (Wildman–Crippen MR) is 71.7 cm³/mol. The Morgan fingerprint density at radius 3 is 2.89 bits per heavy atom. The van der Waals surface area contributed by atoms with Crippen molar-refractivity contribution in [3.8, 4) is 0 Å². The summed E-state index contributed by atoms with van der Waals surface area (Å²) in [4.78, 5) is 24.3. The van der Waals surface area contributed by atoms with Crippen LogP contribution in [0, 0.1) is 6.92 Å². The third-order valence-electron chi connectivity index (χ3n) is 2.60. The van der Waals surface area contributed by atoms with Crippen molar-refractivity contribution in [1.82, 2.24) is 20.3 Å². The summed E-state index contributed by atoms with van der Waals surface area (Å²) >= 11 is 0. The topological polar surface area (TPSA) is 79.8 Å². The summed E-state index contributed by atoms with van der Waals surface area (Å²) in [5.41, 5.74) is 2.03. The molecule has 2 rings (SSSR count).